The normalized spacial score (nSPS) is 14.5. The highest BCUT2D eigenvalue weighted by Gasteiger charge is 2.30. The zero-order chi connectivity index (χ0) is 16.9. The molecule has 1 aromatic heterocycles. The molecule has 1 aromatic carbocycles. The standard InChI is InChI=1S/C18H24FN3OS/c1-13(2)9-10-23-11-12-24-18-21-20-17(22(18)14-7-8-14)15-5-3-4-6-16(15)19/h3-6,13-14H,7-12H2,1-2H3. The van der Waals surface area contributed by atoms with Gasteiger partial charge in [-0.15, -0.1) is 10.2 Å². The van der Waals surface area contributed by atoms with E-state index in [0.717, 1.165) is 36.8 Å². The quantitative estimate of drug-likeness (QED) is 0.491. The lowest BCUT2D eigenvalue weighted by atomic mass is 10.1. The maximum absolute atomic E-state index is 14.1. The molecule has 24 heavy (non-hydrogen) atoms. The van der Waals surface area contributed by atoms with Crippen molar-refractivity contribution in [1.29, 1.82) is 0 Å². The van der Waals surface area contributed by atoms with Crippen LogP contribution in [-0.2, 0) is 4.74 Å². The minimum absolute atomic E-state index is 0.250. The summed E-state index contributed by atoms with van der Waals surface area (Å²) in [5.74, 6) is 1.89. The van der Waals surface area contributed by atoms with Gasteiger partial charge in [0.05, 0.1) is 12.2 Å². The van der Waals surface area contributed by atoms with E-state index in [1.807, 2.05) is 6.07 Å². The van der Waals surface area contributed by atoms with Crippen LogP contribution >= 0.6 is 11.8 Å². The molecule has 1 fully saturated rings. The molecule has 1 saturated carbocycles. The zero-order valence-corrected chi connectivity index (χ0v) is 15.1. The molecule has 0 aliphatic heterocycles. The van der Waals surface area contributed by atoms with Crippen molar-refractivity contribution < 1.29 is 9.13 Å². The second kappa shape index (κ2) is 8.12. The first kappa shape index (κ1) is 17.4. The number of rotatable bonds is 9. The fraction of sp³-hybridized carbons (Fsp3) is 0.556. The Hall–Kier alpha value is -1.40. The summed E-state index contributed by atoms with van der Waals surface area (Å²) in [4.78, 5) is 0. The van der Waals surface area contributed by atoms with Gasteiger partial charge < -0.3 is 4.74 Å². The van der Waals surface area contributed by atoms with Crippen molar-refractivity contribution in [3.8, 4) is 11.4 Å². The van der Waals surface area contributed by atoms with Crippen molar-refractivity contribution in [2.24, 2.45) is 5.92 Å². The van der Waals surface area contributed by atoms with Crippen LogP contribution in [0.25, 0.3) is 11.4 Å². The first-order chi connectivity index (χ1) is 11.7. The molecule has 0 N–H and O–H groups in total. The Labute approximate surface area is 146 Å². The number of hydrogen-bond donors (Lipinski definition) is 0. The minimum Gasteiger partial charge on any atom is -0.381 e. The van der Waals surface area contributed by atoms with Gasteiger partial charge in [-0.05, 0) is 37.3 Å². The molecule has 0 amide bonds. The average molecular weight is 349 g/mol. The predicted octanol–water partition coefficient (Wildman–Crippen LogP) is 4.57. The van der Waals surface area contributed by atoms with E-state index in [2.05, 4.69) is 28.6 Å². The summed E-state index contributed by atoms with van der Waals surface area (Å²) in [6.07, 6.45) is 3.30. The van der Waals surface area contributed by atoms with Gasteiger partial charge in [0.15, 0.2) is 11.0 Å². The summed E-state index contributed by atoms with van der Waals surface area (Å²) in [5.41, 5.74) is 0.525. The highest BCUT2D eigenvalue weighted by atomic mass is 32.2. The van der Waals surface area contributed by atoms with Crippen LogP contribution in [0.15, 0.2) is 29.4 Å². The van der Waals surface area contributed by atoms with E-state index in [4.69, 9.17) is 4.74 Å². The molecule has 130 valence electrons. The lowest BCUT2D eigenvalue weighted by molar-refractivity contribution is 0.138. The van der Waals surface area contributed by atoms with Gasteiger partial charge in [-0.2, -0.15) is 0 Å². The lowest BCUT2D eigenvalue weighted by Gasteiger charge is -2.10. The van der Waals surface area contributed by atoms with Crippen molar-refractivity contribution in [2.45, 2.75) is 44.3 Å². The molecule has 0 saturated heterocycles. The van der Waals surface area contributed by atoms with Crippen molar-refractivity contribution in [3.63, 3.8) is 0 Å². The van der Waals surface area contributed by atoms with Crippen LogP contribution in [0.5, 0.6) is 0 Å². The summed E-state index contributed by atoms with van der Waals surface area (Å²) in [6.45, 7) is 5.89. The third-order valence-corrected chi connectivity index (χ3v) is 4.90. The molecular formula is C18H24FN3OS. The predicted molar refractivity (Wildman–Crippen MR) is 94.7 cm³/mol. The minimum atomic E-state index is -0.250. The van der Waals surface area contributed by atoms with Crippen LogP contribution in [0.2, 0.25) is 0 Å². The van der Waals surface area contributed by atoms with E-state index >= 15 is 0 Å². The van der Waals surface area contributed by atoms with Crippen molar-refractivity contribution in [1.82, 2.24) is 14.8 Å². The smallest absolute Gasteiger partial charge is 0.191 e. The molecule has 0 unspecified atom stereocenters. The van der Waals surface area contributed by atoms with Gasteiger partial charge in [0, 0.05) is 18.4 Å². The van der Waals surface area contributed by atoms with Crippen molar-refractivity contribution >= 4 is 11.8 Å². The Morgan fingerprint density at radius 3 is 2.75 bits per heavy atom. The monoisotopic (exact) mass is 349 g/mol. The van der Waals surface area contributed by atoms with Crippen LogP contribution in [0.4, 0.5) is 4.39 Å². The molecule has 1 heterocycles. The van der Waals surface area contributed by atoms with Gasteiger partial charge in [0.2, 0.25) is 0 Å². The fourth-order valence-corrected chi connectivity index (χ4v) is 3.33. The number of thioether (sulfide) groups is 1. The molecule has 0 radical (unpaired) electrons. The van der Waals surface area contributed by atoms with Gasteiger partial charge >= 0.3 is 0 Å². The first-order valence-electron chi connectivity index (χ1n) is 8.57. The summed E-state index contributed by atoms with van der Waals surface area (Å²) < 4.78 is 21.8. The van der Waals surface area contributed by atoms with Crippen LogP contribution in [0, 0.1) is 11.7 Å². The van der Waals surface area contributed by atoms with Crippen LogP contribution in [0.1, 0.15) is 39.2 Å². The number of nitrogens with zero attached hydrogens (tertiary/aromatic N) is 3. The second-order valence-corrected chi connectivity index (χ2v) is 7.59. The van der Waals surface area contributed by atoms with E-state index in [0.29, 0.717) is 30.0 Å². The van der Waals surface area contributed by atoms with E-state index < -0.39 is 0 Å². The van der Waals surface area contributed by atoms with Gasteiger partial charge in [-0.1, -0.05) is 37.7 Å². The molecule has 2 aromatic rings. The largest absolute Gasteiger partial charge is 0.381 e. The number of aromatic nitrogens is 3. The molecule has 0 bridgehead atoms. The third-order valence-electron chi connectivity index (χ3n) is 3.99. The first-order valence-corrected chi connectivity index (χ1v) is 9.55. The summed E-state index contributed by atoms with van der Waals surface area (Å²) in [5, 5.41) is 9.42. The summed E-state index contributed by atoms with van der Waals surface area (Å²) in [6, 6.07) is 7.16. The Bertz CT molecular complexity index is 670. The average Bonchev–Trinajstić information content (AvgIpc) is 3.31. The number of benzene rings is 1. The number of halogens is 1. The number of hydrogen-bond acceptors (Lipinski definition) is 4. The molecule has 1 aliphatic carbocycles. The summed E-state index contributed by atoms with van der Waals surface area (Å²) >= 11 is 1.64. The van der Waals surface area contributed by atoms with Gasteiger partial charge in [0.25, 0.3) is 0 Å². The Balaban J connectivity index is 1.64. The lowest BCUT2D eigenvalue weighted by Crippen LogP contribution is -2.04. The Morgan fingerprint density at radius 1 is 1.25 bits per heavy atom. The van der Waals surface area contributed by atoms with Crippen LogP contribution < -0.4 is 0 Å². The third kappa shape index (κ3) is 4.36. The maximum atomic E-state index is 14.1. The molecule has 0 spiro atoms. The van der Waals surface area contributed by atoms with E-state index in [-0.39, 0.29) is 5.82 Å². The van der Waals surface area contributed by atoms with Gasteiger partial charge in [0.1, 0.15) is 5.82 Å². The van der Waals surface area contributed by atoms with Gasteiger partial charge in [-0.25, -0.2) is 4.39 Å². The Morgan fingerprint density at radius 2 is 2.04 bits per heavy atom. The molecule has 4 nitrogen and oxygen atoms in total. The van der Waals surface area contributed by atoms with E-state index in [9.17, 15) is 4.39 Å². The summed E-state index contributed by atoms with van der Waals surface area (Å²) in [7, 11) is 0. The van der Waals surface area contributed by atoms with E-state index in [1.54, 1.807) is 23.9 Å². The molecule has 3 rings (SSSR count). The molecule has 6 heteroatoms. The number of ether oxygens (including phenoxy) is 1. The van der Waals surface area contributed by atoms with Gasteiger partial charge in [-0.3, -0.25) is 4.57 Å². The van der Waals surface area contributed by atoms with Crippen LogP contribution in [-0.4, -0.2) is 33.7 Å². The fourth-order valence-electron chi connectivity index (χ4n) is 2.48. The highest BCUT2D eigenvalue weighted by Crippen LogP contribution is 2.41. The molecule has 1 aliphatic rings. The van der Waals surface area contributed by atoms with Crippen LogP contribution in [0.3, 0.4) is 0 Å². The van der Waals surface area contributed by atoms with Crippen molar-refractivity contribution in [3.05, 3.63) is 30.1 Å². The van der Waals surface area contributed by atoms with E-state index in [1.165, 1.54) is 6.07 Å². The molecule has 0 atom stereocenters. The molecular weight excluding hydrogens is 325 g/mol. The topological polar surface area (TPSA) is 39.9 Å². The zero-order valence-electron chi connectivity index (χ0n) is 14.2. The second-order valence-electron chi connectivity index (χ2n) is 6.53. The highest BCUT2D eigenvalue weighted by molar-refractivity contribution is 7.99. The maximum Gasteiger partial charge on any atom is 0.191 e. The van der Waals surface area contributed by atoms with Crippen molar-refractivity contribution in [2.75, 3.05) is 19.0 Å². The Kier molecular flexibility index (Phi) is 5.89. The SMILES string of the molecule is CC(C)CCOCCSc1nnc(-c2ccccc2F)n1C1CC1.